The van der Waals surface area contributed by atoms with Crippen LogP contribution in [-0.4, -0.2) is 80.7 Å². The van der Waals surface area contributed by atoms with Gasteiger partial charge < -0.3 is 34.9 Å². The summed E-state index contributed by atoms with van der Waals surface area (Å²) in [5.74, 6) is -3.85. The van der Waals surface area contributed by atoms with Crippen molar-refractivity contribution in [2.24, 2.45) is 22.7 Å². The first-order valence-corrected chi connectivity index (χ1v) is 14.8. The van der Waals surface area contributed by atoms with Gasteiger partial charge >= 0.3 is 12.1 Å². The standard InChI is InChI=1S/C31H35FN2O12/c1-28-10-9-19(35)11-18(28)5-8-21-22-12-23(36)31(41,29(22,2)13-24(37)30(21,28)32)25(38)16-44-26(39)14-33-27(40)46-20-6-3-17(4-7-20)15-45-34(42)43/h3-7,9-10,21-24,36-37,41H,8,11-16H2,1-2H3,(H,33,40)/t21-,22-,23+,24-,28-,29-,30-,31-/m0/s1. The second kappa shape index (κ2) is 11.9. The molecule has 0 aromatic heterocycles. The van der Waals surface area contributed by atoms with Crippen molar-refractivity contribution in [1.82, 2.24) is 5.32 Å². The van der Waals surface area contributed by atoms with Crippen LogP contribution in [0.1, 0.15) is 45.1 Å². The number of hydrogen-bond donors (Lipinski definition) is 4. The van der Waals surface area contributed by atoms with Crippen LogP contribution in [0.15, 0.2) is 48.1 Å². The predicted molar refractivity (Wildman–Crippen MR) is 153 cm³/mol. The molecule has 5 rings (SSSR count). The molecule has 0 bridgehead atoms. The smallest absolute Gasteiger partial charge is 0.413 e. The fourth-order valence-corrected chi connectivity index (χ4v) is 8.01. The van der Waals surface area contributed by atoms with E-state index in [2.05, 4.69) is 10.2 Å². The van der Waals surface area contributed by atoms with Gasteiger partial charge in [-0.25, -0.2) is 9.18 Å². The number of Topliss-reactive ketones (excluding diaryl/α,β-unsaturated/α-hetero) is 1. The SMILES string of the molecule is C[C@]12C=CC(=O)CC1=CC[C@H]1[C@@H]3C[C@@H](O)[C@](O)(C(=O)COC(=O)CNC(=O)Oc4ccc(CO[N+](=O)[O-])cc4)[C@@]3(C)C[C@H](O)[C@@]12F. The molecule has 2 saturated carbocycles. The molecule has 2 fully saturated rings. The molecular weight excluding hydrogens is 611 g/mol. The molecule has 4 aliphatic carbocycles. The van der Waals surface area contributed by atoms with Crippen molar-refractivity contribution in [3.05, 3.63) is 63.7 Å². The van der Waals surface area contributed by atoms with Crippen LogP contribution in [-0.2, 0) is 30.6 Å². The third-order valence-electron chi connectivity index (χ3n) is 10.5. The lowest BCUT2D eigenvalue weighted by Gasteiger charge is -2.61. The minimum absolute atomic E-state index is 0.0275. The Bertz CT molecular complexity index is 1510. The number of rotatable bonds is 9. The van der Waals surface area contributed by atoms with Gasteiger partial charge in [-0.2, -0.15) is 0 Å². The zero-order valence-corrected chi connectivity index (χ0v) is 25.1. The second-order valence-corrected chi connectivity index (χ2v) is 12.7. The number of benzene rings is 1. The summed E-state index contributed by atoms with van der Waals surface area (Å²) in [6.45, 7) is 1.16. The predicted octanol–water partition coefficient (Wildman–Crippen LogP) is 1.67. The van der Waals surface area contributed by atoms with Crippen molar-refractivity contribution in [3.63, 3.8) is 0 Å². The number of aliphatic hydroxyl groups excluding tert-OH is 2. The number of fused-ring (bicyclic) bond motifs is 5. The highest BCUT2D eigenvalue weighted by molar-refractivity contribution is 5.94. The molecule has 0 heterocycles. The van der Waals surface area contributed by atoms with Crippen LogP contribution in [0.25, 0.3) is 0 Å². The zero-order chi connectivity index (χ0) is 33.7. The number of carbonyl (C=O) groups excluding carboxylic acids is 4. The molecule has 0 unspecified atom stereocenters. The number of ketones is 2. The number of amides is 1. The molecule has 0 aliphatic heterocycles. The normalized spacial score (nSPS) is 36.0. The van der Waals surface area contributed by atoms with Crippen molar-refractivity contribution in [3.8, 4) is 5.75 Å². The van der Waals surface area contributed by atoms with E-state index in [-0.39, 0.29) is 43.8 Å². The Labute approximate surface area is 262 Å². The molecule has 4 aliphatic rings. The summed E-state index contributed by atoms with van der Waals surface area (Å²) >= 11 is 0. The maximum Gasteiger partial charge on any atom is 0.413 e. The van der Waals surface area contributed by atoms with Gasteiger partial charge in [-0.05, 0) is 55.9 Å². The summed E-state index contributed by atoms with van der Waals surface area (Å²) in [6.07, 6.45) is -0.139. The summed E-state index contributed by atoms with van der Waals surface area (Å²) in [6, 6.07) is 5.55. The number of ether oxygens (including phenoxy) is 2. The Kier molecular flexibility index (Phi) is 8.55. The molecule has 8 atom stereocenters. The van der Waals surface area contributed by atoms with Crippen molar-refractivity contribution in [2.75, 3.05) is 13.2 Å². The van der Waals surface area contributed by atoms with E-state index in [0.29, 0.717) is 11.1 Å². The van der Waals surface area contributed by atoms with E-state index in [9.17, 15) is 44.6 Å². The van der Waals surface area contributed by atoms with Crippen LogP contribution >= 0.6 is 0 Å². The van der Waals surface area contributed by atoms with Crippen LogP contribution < -0.4 is 10.1 Å². The van der Waals surface area contributed by atoms with E-state index in [1.165, 1.54) is 43.3 Å². The largest absolute Gasteiger partial charge is 0.456 e. The minimum Gasteiger partial charge on any atom is -0.456 e. The van der Waals surface area contributed by atoms with Gasteiger partial charge in [0.05, 0.1) is 12.2 Å². The Morgan fingerprint density at radius 1 is 1.13 bits per heavy atom. The first-order valence-electron chi connectivity index (χ1n) is 14.8. The van der Waals surface area contributed by atoms with Crippen LogP contribution in [0.4, 0.5) is 9.18 Å². The number of hydrogen-bond acceptors (Lipinski definition) is 12. The summed E-state index contributed by atoms with van der Waals surface area (Å²) in [7, 11) is 0. The highest BCUT2D eigenvalue weighted by atomic mass is 19.1. The Morgan fingerprint density at radius 3 is 2.50 bits per heavy atom. The third kappa shape index (κ3) is 5.25. The van der Waals surface area contributed by atoms with Gasteiger partial charge in [0.2, 0.25) is 5.78 Å². The van der Waals surface area contributed by atoms with Crippen LogP contribution in [0.2, 0.25) is 0 Å². The van der Waals surface area contributed by atoms with Gasteiger partial charge in [0.15, 0.2) is 23.7 Å². The van der Waals surface area contributed by atoms with Gasteiger partial charge in [-0.1, -0.05) is 36.8 Å². The molecule has 0 spiro atoms. The van der Waals surface area contributed by atoms with Crippen LogP contribution in [0.5, 0.6) is 5.75 Å². The average Bonchev–Trinajstić information content (AvgIpc) is 3.20. The first kappa shape index (κ1) is 33.2. The number of carbonyl (C=O) groups is 4. The van der Waals surface area contributed by atoms with E-state index in [1.54, 1.807) is 13.0 Å². The lowest BCUT2D eigenvalue weighted by atomic mass is 9.45. The Hall–Kier alpha value is -4.21. The zero-order valence-electron chi connectivity index (χ0n) is 25.1. The second-order valence-electron chi connectivity index (χ2n) is 12.7. The highest BCUT2D eigenvalue weighted by Gasteiger charge is 2.76. The van der Waals surface area contributed by atoms with E-state index in [0.717, 1.165) is 0 Å². The minimum atomic E-state index is -2.48. The summed E-state index contributed by atoms with van der Waals surface area (Å²) in [4.78, 5) is 64.4. The number of nitrogens with zero attached hydrogens (tertiary/aromatic N) is 1. The number of alkyl halides is 1. The van der Waals surface area contributed by atoms with Crippen molar-refractivity contribution in [1.29, 1.82) is 0 Å². The van der Waals surface area contributed by atoms with Crippen molar-refractivity contribution < 1.29 is 58.3 Å². The molecule has 1 aromatic rings. The molecule has 1 amide bonds. The van der Waals surface area contributed by atoms with Gasteiger partial charge in [0.25, 0.3) is 5.09 Å². The maximum absolute atomic E-state index is 17.2. The molecule has 14 nitrogen and oxygen atoms in total. The number of aliphatic hydroxyl groups is 3. The Balaban J connectivity index is 1.20. The summed E-state index contributed by atoms with van der Waals surface area (Å²) < 4.78 is 27.2. The molecule has 15 heteroatoms. The third-order valence-corrected chi connectivity index (χ3v) is 10.5. The van der Waals surface area contributed by atoms with E-state index in [4.69, 9.17) is 9.47 Å². The molecule has 248 valence electrons. The quantitative estimate of drug-likeness (QED) is 0.131. The van der Waals surface area contributed by atoms with Crippen LogP contribution in [0.3, 0.4) is 0 Å². The van der Waals surface area contributed by atoms with E-state index < -0.39 is 82.2 Å². The molecule has 0 saturated heterocycles. The fourth-order valence-electron chi connectivity index (χ4n) is 8.01. The van der Waals surface area contributed by atoms with Gasteiger partial charge in [0, 0.05) is 23.2 Å². The lowest BCUT2D eigenvalue weighted by molar-refractivity contribution is -0.763. The molecule has 4 N–H and O–H groups in total. The number of allylic oxidation sites excluding steroid dienone is 4. The summed E-state index contributed by atoms with van der Waals surface area (Å²) in [5.41, 5.74) is -6.48. The van der Waals surface area contributed by atoms with Gasteiger partial charge in [-0.3, -0.25) is 14.4 Å². The van der Waals surface area contributed by atoms with Gasteiger partial charge in [0.1, 0.15) is 18.9 Å². The van der Waals surface area contributed by atoms with Crippen molar-refractivity contribution in [2.45, 2.75) is 69.6 Å². The van der Waals surface area contributed by atoms with Crippen molar-refractivity contribution >= 4 is 23.6 Å². The molecule has 46 heavy (non-hydrogen) atoms. The molecule has 1 aromatic carbocycles. The highest BCUT2D eigenvalue weighted by Crippen LogP contribution is 2.69. The summed E-state index contributed by atoms with van der Waals surface area (Å²) in [5, 5.41) is 45.6. The molecular formula is C31H35FN2O12. The van der Waals surface area contributed by atoms with E-state index >= 15 is 4.39 Å². The average molecular weight is 647 g/mol. The first-order chi connectivity index (χ1) is 21.6. The Morgan fingerprint density at radius 2 is 1.83 bits per heavy atom. The maximum atomic E-state index is 17.2. The lowest BCUT2D eigenvalue weighted by Crippen LogP contribution is -2.69. The molecule has 0 radical (unpaired) electrons. The van der Waals surface area contributed by atoms with Crippen LogP contribution in [0, 0.1) is 32.8 Å². The number of nitrogens with one attached hydrogen (secondary N) is 1. The van der Waals surface area contributed by atoms with E-state index in [1.807, 2.05) is 0 Å². The van der Waals surface area contributed by atoms with Gasteiger partial charge in [-0.15, -0.1) is 10.1 Å². The number of esters is 1. The topological polar surface area (TPSA) is 212 Å². The number of halogens is 1. The fraction of sp³-hybridized carbons (Fsp3) is 0.548. The monoisotopic (exact) mass is 646 g/mol.